The molecule has 0 bridgehead atoms. The SMILES string of the molecule is CC(C)C(=O)NC[C@@H]1C[C@H]1c1cccc2occc12. The van der Waals surface area contributed by atoms with E-state index in [4.69, 9.17) is 4.42 Å². The highest BCUT2D eigenvalue weighted by molar-refractivity contribution is 5.82. The zero-order chi connectivity index (χ0) is 13.4. The number of amides is 1. The number of hydrogen-bond acceptors (Lipinski definition) is 2. The first-order valence-electron chi connectivity index (χ1n) is 6.90. The van der Waals surface area contributed by atoms with E-state index in [0.717, 1.165) is 18.5 Å². The zero-order valence-electron chi connectivity index (χ0n) is 11.3. The monoisotopic (exact) mass is 257 g/mol. The van der Waals surface area contributed by atoms with Crippen molar-refractivity contribution in [1.82, 2.24) is 5.32 Å². The molecule has 19 heavy (non-hydrogen) atoms. The van der Waals surface area contributed by atoms with Crippen LogP contribution in [-0.4, -0.2) is 12.5 Å². The van der Waals surface area contributed by atoms with Crippen LogP contribution >= 0.6 is 0 Å². The lowest BCUT2D eigenvalue weighted by molar-refractivity contribution is -0.124. The molecule has 1 heterocycles. The van der Waals surface area contributed by atoms with Gasteiger partial charge in [-0.1, -0.05) is 26.0 Å². The van der Waals surface area contributed by atoms with Gasteiger partial charge in [-0.05, 0) is 36.0 Å². The molecular weight excluding hydrogens is 238 g/mol. The van der Waals surface area contributed by atoms with E-state index in [1.165, 1.54) is 10.9 Å². The van der Waals surface area contributed by atoms with E-state index in [0.29, 0.717) is 11.8 Å². The Morgan fingerprint density at radius 1 is 1.42 bits per heavy atom. The van der Waals surface area contributed by atoms with Gasteiger partial charge in [0, 0.05) is 17.8 Å². The molecule has 0 spiro atoms. The zero-order valence-corrected chi connectivity index (χ0v) is 11.3. The van der Waals surface area contributed by atoms with Gasteiger partial charge in [-0.3, -0.25) is 4.79 Å². The van der Waals surface area contributed by atoms with Crippen molar-refractivity contribution >= 4 is 16.9 Å². The maximum Gasteiger partial charge on any atom is 0.222 e. The van der Waals surface area contributed by atoms with Gasteiger partial charge in [0.05, 0.1) is 6.26 Å². The molecule has 0 saturated heterocycles. The van der Waals surface area contributed by atoms with E-state index in [1.807, 2.05) is 32.0 Å². The number of furan rings is 1. The van der Waals surface area contributed by atoms with Crippen LogP contribution in [0.3, 0.4) is 0 Å². The third-order valence-electron chi connectivity index (χ3n) is 3.91. The molecule has 2 atom stereocenters. The topological polar surface area (TPSA) is 42.2 Å². The lowest BCUT2D eigenvalue weighted by atomic mass is 10.0. The van der Waals surface area contributed by atoms with Gasteiger partial charge in [0.15, 0.2) is 0 Å². The van der Waals surface area contributed by atoms with Crippen LogP contribution in [0.2, 0.25) is 0 Å². The molecule has 1 aromatic heterocycles. The molecule has 3 heteroatoms. The molecule has 3 rings (SSSR count). The lowest BCUT2D eigenvalue weighted by Crippen LogP contribution is -2.29. The molecular formula is C16H19NO2. The number of hydrogen-bond donors (Lipinski definition) is 1. The molecule has 3 nitrogen and oxygen atoms in total. The summed E-state index contributed by atoms with van der Waals surface area (Å²) in [4.78, 5) is 11.6. The summed E-state index contributed by atoms with van der Waals surface area (Å²) < 4.78 is 5.43. The lowest BCUT2D eigenvalue weighted by Gasteiger charge is -2.07. The fourth-order valence-electron chi connectivity index (χ4n) is 2.63. The molecule has 0 unspecified atom stereocenters. The van der Waals surface area contributed by atoms with Gasteiger partial charge in [0.25, 0.3) is 0 Å². The first-order valence-corrected chi connectivity index (χ1v) is 6.90. The van der Waals surface area contributed by atoms with Crippen LogP contribution in [0, 0.1) is 11.8 Å². The minimum absolute atomic E-state index is 0.0644. The molecule has 0 aliphatic heterocycles. The number of benzene rings is 1. The number of nitrogens with one attached hydrogen (secondary N) is 1. The average Bonchev–Trinajstić information content (AvgIpc) is 3.00. The van der Waals surface area contributed by atoms with Crippen molar-refractivity contribution < 1.29 is 9.21 Å². The Hall–Kier alpha value is -1.77. The quantitative estimate of drug-likeness (QED) is 0.913. The molecule has 1 aliphatic rings. The second-order valence-corrected chi connectivity index (χ2v) is 5.68. The van der Waals surface area contributed by atoms with Gasteiger partial charge in [-0.25, -0.2) is 0 Å². The van der Waals surface area contributed by atoms with Crippen molar-refractivity contribution in [2.24, 2.45) is 11.8 Å². The third-order valence-corrected chi connectivity index (χ3v) is 3.91. The van der Waals surface area contributed by atoms with Crippen molar-refractivity contribution in [2.75, 3.05) is 6.54 Å². The average molecular weight is 257 g/mol. The largest absolute Gasteiger partial charge is 0.464 e. The number of rotatable bonds is 4. The summed E-state index contributed by atoms with van der Waals surface area (Å²) >= 11 is 0. The number of carbonyl (C=O) groups is 1. The minimum atomic E-state index is 0.0644. The smallest absolute Gasteiger partial charge is 0.222 e. The number of fused-ring (bicyclic) bond motifs is 1. The van der Waals surface area contributed by atoms with Crippen LogP contribution in [0.15, 0.2) is 34.9 Å². The Morgan fingerprint density at radius 2 is 2.26 bits per heavy atom. The van der Waals surface area contributed by atoms with E-state index in [9.17, 15) is 4.79 Å². The predicted octanol–water partition coefficient (Wildman–Crippen LogP) is 3.31. The van der Waals surface area contributed by atoms with E-state index in [1.54, 1.807) is 6.26 Å². The Kier molecular flexibility index (Phi) is 3.05. The van der Waals surface area contributed by atoms with Gasteiger partial charge in [0.1, 0.15) is 5.58 Å². The molecule has 1 N–H and O–H groups in total. The van der Waals surface area contributed by atoms with Crippen LogP contribution in [-0.2, 0) is 4.79 Å². The Morgan fingerprint density at radius 3 is 3.05 bits per heavy atom. The normalized spacial score (nSPS) is 21.8. The number of carbonyl (C=O) groups excluding carboxylic acids is 1. The maximum atomic E-state index is 11.6. The van der Waals surface area contributed by atoms with Gasteiger partial charge in [0.2, 0.25) is 5.91 Å². The predicted molar refractivity (Wildman–Crippen MR) is 74.9 cm³/mol. The summed E-state index contributed by atoms with van der Waals surface area (Å²) in [6.45, 7) is 4.63. The van der Waals surface area contributed by atoms with Crippen LogP contribution in [0.1, 0.15) is 31.7 Å². The molecule has 0 radical (unpaired) electrons. The summed E-state index contributed by atoms with van der Waals surface area (Å²) in [5.74, 6) is 1.35. The van der Waals surface area contributed by atoms with Gasteiger partial charge in [-0.15, -0.1) is 0 Å². The Bertz CT molecular complexity index is 600. The summed E-state index contributed by atoms with van der Waals surface area (Å²) in [5, 5.41) is 4.24. The molecule has 1 aliphatic carbocycles. The van der Waals surface area contributed by atoms with Crippen molar-refractivity contribution in [1.29, 1.82) is 0 Å². The van der Waals surface area contributed by atoms with E-state index < -0.39 is 0 Å². The van der Waals surface area contributed by atoms with Crippen LogP contribution in [0.25, 0.3) is 11.0 Å². The van der Waals surface area contributed by atoms with Gasteiger partial charge < -0.3 is 9.73 Å². The highest BCUT2D eigenvalue weighted by Gasteiger charge is 2.39. The van der Waals surface area contributed by atoms with Crippen molar-refractivity contribution in [3.05, 3.63) is 36.1 Å². The van der Waals surface area contributed by atoms with E-state index in [2.05, 4.69) is 11.4 Å². The molecule has 1 saturated carbocycles. The van der Waals surface area contributed by atoms with Crippen molar-refractivity contribution in [3.63, 3.8) is 0 Å². The van der Waals surface area contributed by atoms with E-state index >= 15 is 0 Å². The second-order valence-electron chi connectivity index (χ2n) is 5.68. The third kappa shape index (κ3) is 2.37. The minimum Gasteiger partial charge on any atom is -0.464 e. The second kappa shape index (κ2) is 4.72. The molecule has 100 valence electrons. The van der Waals surface area contributed by atoms with Crippen LogP contribution in [0.5, 0.6) is 0 Å². The van der Waals surface area contributed by atoms with Gasteiger partial charge in [-0.2, -0.15) is 0 Å². The highest BCUT2D eigenvalue weighted by Crippen LogP contribution is 2.49. The summed E-state index contributed by atoms with van der Waals surface area (Å²) in [6.07, 6.45) is 2.90. The maximum absolute atomic E-state index is 11.6. The summed E-state index contributed by atoms with van der Waals surface area (Å²) in [7, 11) is 0. The Balaban J connectivity index is 1.66. The first-order chi connectivity index (χ1) is 9.16. The molecule has 1 aromatic carbocycles. The fraction of sp³-hybridized carbons (Fsp3) is 0.438. The molecule has 1 amide bonds. The van der Waals surface area contributed by atoms with Crippen LogP contribution < -0.4 is 5.32 Å². The summed E-state index contributed by atoms with van der Waals surface area (Å²) in [5.41, 5.74) is 2.31. The van der Waals surface area contributed by atoms with Crippen LogP contribution in [0.4, 0.5) is 0 Å². The fourth-order valence-corrected chi connectivity index (χ4v) is 2.63. The molecule has 1 fully saturated rings. The first kappa shape index (κ1) is 12.3. The summed E-state index contributed by atoms with van der Waals surface area (Å²) in [6, 6.07) is 8.25. The Labute approximate surface area is 113 Å². The van der Waals surface area contributed by atoms with Crippen molar-refractivity contribution in [2.45, 2.75) is 26.2 Å². The highest BCUT2D eigenvalue weighted by atomic mass is 16.3. The van der Waals surface area contributed by atoms with Crippen molar-refractivity contribution in [3.8, 4) is 0 Å². The van der Waals surface area contributed by atoms with E-state index in [-0.39, 0.29) is 11.8 Å². The van der Waals surface area contributed by atoms with Gasteiger partial charge >= 0.3 is 0 Å². The standard InChI is InChI=1S/C16H19NO2/c1-10(2)16(18)17-9-11-8-14(11)12-4-3-5-15-13(12)6-7-19-15/h3-7,10-11,14H,8-9H2,1-2H3,(H,17,18)/t11-,14+/m0/s1. The molecule has 2 aromatic rings.